The number of carbonyl (C=O) groups is 1. The van der Waals surface area contributed by atoms with E-state index in [1.807, 2.05) is 36.4 Å². The van der Waals surface area contributed by atoms with Crippen molar-refractivity contribution in [3.05, 3.63) is 48.0 Å². The molecular formula is C11H9NOS. The number of benzene rings is 2. The second kappa shape index (κ2) is 3.82. The zero-order valence-electron chi connectivity index (χ0n) is 7.44. The fourth-order valence-electron chi connectivity index (χ4n) is 1.38. The van der Waals surface area contributed by atoms with Gasteiger partial charge >= 0.3 is 0 Å². The Morgan fingerprint density at radius 3 is 2.50 bits per heavy atom. The van der Waals surface area contributed by atoms with Crippen LogP contribution in [0.3, 0.4) is 0 Å². The van der Waals surface area contributed by atoms with Crippen molar-refractivity contribution in [2.24, 2.45) is 5.14 Å². The first-order chi connectivity index (χ1) is 6.81. The van der Waals surface area contributed by atoms with Gasteiger partial charge in [-0.05, 0) is 34.9 Å². The third-order valence-electron chi connectivity index (χ3n) is 2.09. The summed E-state index contributed by atoms with van der Waals surface area (Å²) in [6.45, 7) is 0. The molecule has 70 valence electrons. The molecule has 0 aliphatic rings. The van der Waals surface area contributed by atoms with Gasteiger partial charge in [-0.2, -0.15) is 0 Å². The second-order valence-electron chi connectivity index (χ2n) is 2.97. The maximum absolute atomic E-state index is 11.3. The smallest absolute Gasteiger partial charge is 0.233 e. The number of nitrogens with two attached hydrogens (primary N) is 1. The van der Waals surface area contributed by atoms with Gasteiger partial charge in [0, 0.05) is 5.56 Å². The zero-order valence-corrected chi connectivity index (χ0v) is 8.25. The molecular weight excluding hydrogens is 194 g/mol. The summed E-state index contributed by atoms with van der Waals surface area (Å²) in [5.74, 6) is 0. The highest BCUT2D eigenvalue weighted by Gasteiger charge is 2.04. The molecule has 0 aromatic heterocycles. The quantitative estimate of drug-likeness (QED) is 0.724. The molecule has 14 heavy (non-hydrogen) atoms. The van der Waals surface area contributed by atoms with E-state index in [0.717, 1.165) is 22.7 Å². The SMILES string of the molecule is NSC(=O)c1ccc2ccccc2c1. The van der Waals surface area contributed by atoms with Crippen LogP contribution in [0.1, 0.15) is 10.4 Å². The fourth-order valence-corrected chi connectivity index (χ4v) is 1.65. The van der Waals surface area contributed by atoms with Gasteiger partial charge < -0.3 is 0 Å². The molecule has 0 amide bonds. The summed E-state index contributed by atoms with van der Waals surface area (Å²) < 4.78 is 0. The first kappa shape index (κ1) is 9.24. The summed E-state index contributed by atoms with van der Waals surface area (Å²) in [6.07, 6.45) is 0. The Hall–Kier alpha value is -1.32. The van der Waals surface area contributed by atoms with Crippen LogP contribution in [0, 0.1) is 0 Å². The number of fused-ring (bicyclic) bond motifs is 1. The van der Waals surface area contributed by atoms with Crippen molar-refractivity contribution in [3.8, 4) is 0 Å². The van der Waals surface area contributed by atoms with E-state index in [4.69, 9.17) is 5.14 Å². The van der Waals surface area contributed by atoms with Crippen LogP contribution in [0.4, 0.5) is 0 Å². The summed E-state index contributed by atoms with van der Waals surface area (Å²) in [6, 6.07) is 13.5. The van der Waals surface area contributed by atoms with Crippen molar-refractivity contribution in [2.45, 2.75) is 0 Å². The molecule has 0 aliphatic carbocycles. The summed E-state index contributed by atoms with van der Waals surface area (Å²) in [5, 5.41) is 7.31. The van der Waals surface area contributed by atoms with Gasteiger partial charge in [0.25, 0.3) is 0 Å². The van der Waals surface area contributed by atoms with Gasteiger partial charge in [-0.25, -0.2) is 0 Å². The molecule has 0 heterocycles. The average Bonchev–Trinajstić information content (AvgIpc) is 2.27. The molecule has 0 saturated heterocycles. The van der Waals surface area contributed by atoms with E-state index in [1.165, 1.54) is 0 Å². The Kier molecular flexibility index (Phi) is 2.52. The van der Waals surface area contributed by atoms with Crippen LogP contribution in [-0.2, 0) is 0 Å². The number of carbonyl (C=O) groups excluding carboxylic acids is 1. The molecule has 0 unspecified atom stereocenters. The molecule has 0 saturated carbocycles. The van der Waals surface area contributed by atoms with E-state index < -0.39 is 0 Å². The van der Waals surface area contributed by atoms with Crippen molar-refractivity contribution < 1.29 is 4.79 Å². The Bertz CT molecular complexity index is 481. The van der Waals surface area contributed by atoms with Crippen LogP contribution in [0.15, 0.2) is 42.5 Å². The predicted molar refractivity (Wildman–Crippen MR) is 60.1 cm³/mol. The summed E-state index contributed by atoms with van der Waals surface area (Å²) in [7, 11) is 0. The van der Waals surface area contributed by atoms with Gasteiger partial charge in [-0.15, -0.1) is 0 Å². The Balaban J connectivity index is 2.56. The van der Waals surface area contributed by atoms with Gasteiger partial charge in [0.1, 0.15) is 0 Å². The molecule has 0 radical (unpaired) electrons. The molecule has 0 bridgehead atoms. The first-order valence-corrected chi connectivity index (χ1v) is 5.09. The topological polar surface area (TPSA) is 43.1 Å². The van der Waals surface area contributed by atoms with E-state index in [-0.39, 0.29) is 5.12 Å². The lowest BCUT2D eigenvalue weighted by atomic mass is 10.1. The minimum absolute atomic E-state index is 0.101. The summed E-state index contributed by atoms with van der Waals surface area (Å²) in [4.78, 5) is 11.3. The molecule has 2 rings (SSSR count). The predicted octanol–water partition coefficient (Wildman–Crippen LogP) is 2.59. The normalized spacial score (nSPS) is 10.4. The standard InChI is InChI=1S/C11H9NOS/c12-14-11(13)10-6-5-8-3-1-2-4-9(8)7-10/h1-7H,12H2. The van der Waals surface area contributed by atoms with Crippen molar-refractivity contribution in [3.63, 3.8) is 0 Å². The minimum Gasteiger partial charge on any atom is -0.280 e. The Labute approximate surface area is 86.2 Å². The second-order valence-corrected chi connectivity index (χ2v) is 3.57. The highest BCUT2D eigenvalue weighted by Crippen LogP contribution is 2.17. The zero-order chi connectivity index (χ0) is 9.97. The number of hydrogen-bond acceptors (Lipinski definition) is 3. The van der Waals surface area contributed by atoms with E-state index >= 15 is 0 Å². The van der Waals surface area contributed by atoms with Gasteiger partial charge in [0.05, 0.1) is 0 Å². The van der Waals surface area contributed by atoms with Crippen molar-refractivity contribution in [1.82, 2.24) is 0 Å². The fraction of sp³-hybridized carbons (Fsp3) is 0. The maximum atomic E-state index is 11.3. The Morgan fingerprint density at radius 1 is 1.07 bits per heavy atom. The summed E-state index contributed by atoms with van der Waals surface area (Å²) in [5.41, 5.74) is 0.649. The van der Waals surface area contributed by atoms with Gasteiger partial charge in [0.15, 0.2) is 0 Å². The molecule has 0 atom stereocenters. The lowest BCUT2D eigenvalue weighted by Gasteiger charge is -2.00. The van der Waals surface area contributed by atoms with Crippen molar-refractivity contribution in [1.29, 1.82) is 0 Å². The van der Waals surface area contributed by atoms with Crippen LogP contribution in [0.25, 0.3) is 10.8 Å². The van der Waals surface area contributed by atoms with Crippen LogP contribution < -0.4 is 5.14 Å². The number of hydrogen-bond donors (Lipinski definition) is 1. The van der Waals surface area contributed by atoms with E-state index in [0.29, 0.717) is 5.56 Å². The molecule has 0 fully saturated rings. The van der Waals surface area contributed by atoms with Gasteiger partial charge in [-0.1, -0.05) is 30.3 Å². The highest BCUT2D eigenvalue weighted by molar-refractivity contribution is 8.12. The highest BCUT2D eigenvalue weighted by atomic mass is 32.2. The molecule has 2 aromatic rings. The molecule has 0 aliphatic heterocycles. The largest absolute Gasteiger partial charge is 0.280 e. The monoisotopic (exact) mass is 203 g/mol. The van der Waals surface area contributed by atoms with Crippen LogP contribution in [0.5, 0.6) is 0 Å². The molecule has 3 heteroatoms. The third kappa shape index (κ3) is 1.64. The van der Waals surface area contributed by atoms with Crippen LogP contribution in [0.2, 0.25) is 0 Å². The molecule has 2 N–H and O–H groups in total. The van der Waals surface area contributed by atoms with E-state index in [9.17, 15) is 4.79 Å². The lowest BCUT2D eigenvalue weighted by Crippen LogP contribution is -1.96. The lowest BCUT2D eigenvalue weighted by molar-refractivity contribution is 0.108. The van der Waals surface area contributed by atoms with Crippen LogP contribution in [-0.4, -0.2) is 5.12 Å². The molecule has 2 aromatic carbocycles. The maximum Gasteiger partial charge on any atom is 0.233 e. The first-order valence-electron chi connectivity index (χ1n) is 4.21. The average molecular weight is 203 g/mol. The molecule has 2 nitrogen and oxygen atoms in total. The molecule has 0 spiro atoms. The van der Waals surface area contributed by atoms with Crippen molar-refractivity contribution in [2.75, 3.05) is 0 Å². The van der Waals surface area contributed by atoms with Gasteiger partial charge in [-0.3, -0.25) is 9.93 Å². The van der Waals surface area contributed by atoms with E-state index in [1.54, 1.807) is 6.07 Å². The van der Waals surface area contributed by atoms with Crippen LogP contribution >= 0.6 is 11.9 Å². The summed E-state index contributed by atoms with van der Waals surface area (Å²) >= 11 is 0.748. The minimum atomic E-state index is -0.101. The van der Waals surface area contributed by atoms with Gasteiger partial charge in [0.2, 0.25) is 5.12 Å². The number of rotatable bonds is 1. The Morgan fingerprint density at radius 2 is 1.79 bits per heavy atom. The van der Waals surface area contributed by atoms with E-state index in [2.05, 4.69) is 0 Å². The van der Waals surface area contributed by atoms with Crippen molar-refractivity contribution >= 4 is 27.8 Å². The third-order valence-corrected chi connectivity index (χ3v) is 2.54.